The van der Waals surface area contributed by atoms with E-state index < -0.39 is 28.5 Å². The second-order valence-electron chi connectivity index (χ2n) is 12.3. The molecule has 1 fully saturated rings. The number of amides is 2. The minimum absolute atomic E-state index is 0.0299. The fraction of sp³-hybridized carbons (Fsp3) is 0.955. The van der Waals surface area contributed by atoms with E-state index in [4.69, 9.17) is 24.1 Å². The molecule has 0 aliphatic carbocycles. The Morgan fingerprint density at radius 2 is 1.61 bits per heavy atom. The summed E-state index contributed by atoms with van der Waals surface area (Å²) >= 11 is 0. The van der Waals surface area contributed by atoms with E-state index in [0.29, 0.717) is 19.8 Å². The van der Waals surface area contributed by atoms with Gasteiger partial charge in [0.25, 0.3) is 0 Å². The van der Waals surface area contributed by atoms with E-state index in [2.05, 4.69) is 73.0 Å². The molecule has 1 heterocycles. The third-order valence-corrected chi connectivity index (χ3v) is 16.1. The van der Waals surface area contributed by atoms with Crippen molar-refractivity contribution >= 4 is 22.7 Å². The van der Waals surface area contributed by atoms with E-state index in [1.54, 1.807) is 0 Å². The van der Waals surface area contributed by atoms with Crippen molar-refractivity contribution in [2.24, 2.45) is 11.7 Å². The molecule has 3 N–H and O–H groups in total. The zero-order valence-corrected chi connectivity index (χ0v) is 24.0. The van der Waals surface area contributed by atoms with Crippen LogP contribution in [0.15, 0.2) is 0 Å². The van der Waals surface area contributed by atoms with Gasteiger partial charge in [-0.1, -0.05) is 41.5 Å². The number of nitrogens with two attached hydrogens (primary N) is 1. The van der Waals surface area contributed by atoms with Crippen LogP contribution in [0.1, 0.15) is 55.4 Å². The van der Waals surface area contributed by atoms with Crippen molar-refractivity contribution in [2.45, 2.75) is 110 Å². The van der Waals surface area contributed by atoms with E-state index in [9.17, 15) is 4.79 Å². The van der Waals surface area contributed by atoms with Crippen LogP contribution in [0.3, 0.4) is 0 Å². The first-order valence-corrected chi connectivity index (χ1v) is 17.2. The molecule has 0 aromatic rings. The third kappa shape index (κ3) is 8.12. The van der Waals surface area contributed by atoms with Crippen LogP contribution >= 0.6 is 0 Å². The van der Waals surface area contributed by atoms with Crippen LogP contribution in [0.5, 0.6) is 0 Å². The highest BCUT2D eigenvalue weighted by molar-refractivity contribution is 6.74. The summed E-state index contributed by atoms with van der Waals surface area (Å²) in [6.07, 6.45) is -0.522. The summed E-state index contributed by atoms with van der Waals surface area (Å²) < 4.78 is 25.6. The van der Waals surface area contributed by atoms with Crippen molar-refractivity contribution < 1.29 is 23.1 Å². The molecule has 2 amide bonds. The van der Waals surface area contributed by atoms with Gasteiger partial charge >= 0.3 is 6.03 Å². The zero-order valence-electron chi connectivity index (χ0n) is 22.0. The molecule has 0 aromatic heterocycles. The Morgan fingerprint density at radius 1 is 1.10 bits per heavy atom. The number of carbonyl (C=O) groups is 1. The Labute approximate surface area is 192 Å². The number of urea groups is 1. The Kier molecular flexibility index (Phi) is 9.04. The molecular formula is C22H48N2O5Si2. The third-order valence-electron chi connectivity index (χ3n) is 7.10. The average molecular weight is 477 g/mol. The van der Waals surface area contributed by atoms with Crippen molar-refractivity contribution in [1.82, 2.24) is 5.32 Å². The van der Waals surface area contributed by atoms with Gasteiger partial charge in [-0.15, -0.1) is 0 Å². The van der Waals surface area contributed by atoms with Crippen LogP contribution in [-0.4, -0.2) is 60.4 Å². The first kappa shape index (κ1) is 28.6. The summed E-state index contributed by atoms with van der Waals surface area (Å²) in [7, 11) is -4.13. The van der Waals surface area contributed by atoms with E-state index in [1.807, 2.05) is 13.8 Å². The number of carbonyl (C=O) groups excluding carboxylic acids is 1. The summed E-state index contributed by atoms with van der Waals surface area (Å²) in [5, 5.41) is 2.90. The first-order chi connectivity index (χ1) is 13.7. The predicted molar refractivity (Wildman–Crippen MR) is 131 cm³/mol. The van der Waals surface area contributed by atoms with Crippen LogP contribution in [-0.2, 0) is 18.3 Å². The molecular weight excluding hydrogens is 428 g/mol. The molecule has 1 aliphatic rings. The smallest absolute Gasteiger partial charge is 0.312 e. The quantitative estimate of drug-likeness (QED) is 0.465. The van der Waals surface area contributed by atoms with Gasteiger partial charge in [-0.3, -0.25) is 0 Å². The first-order valence-electron chi connectivity index (χ1n) is 11.4. The van der Waals surface area contributed by atoms with Gasteiger partial charge in [0.2, 0.25) is 0 Å². The van der Waals surface area contributed by atoms with Crippen molar-refractivity contribution in [1.29, 1.82) is 0 Å². The molecule has 0 saturated carbocycles. The molecule has 0 aromatic carbocycles. The fourth-order valence-electron chi connectivity index (χ4n) is 2.90. The average Bonchev–Trinajstić information content (AvgIpc) is 2.90. The molecule has 1 saturated heterocycles. The normalized spacial score (nSPS) is 22.3. The van der Waals surface area contributed by atoms with Crippen LogP contribution < -0.4 is 11.1 Å². The number of rotatable bonds is 9. The predicted octanol–water partition coefficient (Wildman–Crippen LogP) is 4.83. The lowest BCUT2D eigenvalue weighted by molar-refractivity contribution is -0.154. The topological polar surface area (TPSA) is 92.0 Å². The van der Waals surface area contributed by atoms with Gasteiger partial charge in [-0.05, 0) is 50.1 Å². The SMILES string of the molecule is CC1(C)OC[C@H]([C@@H](O[Si](C)(C)C(C)(C)C)[C@@H](CNC(N)=O)CO[Si](C)(C)C(C)(C)C)O1. The highest BCUT2D eigenvalue weighted by Crippen LogP contribution is 2.41. The molecule has 0 bridgehead atoms. The summed E-state index contributed by atoms with van der Waals surface area (Å²) in [5.41, 5.74) is 5.41. The molecule has 9 heteroatoms. The second kappa shape index (κ2) is 9.81. The van der Waals surface area contributed by atoms with Gasteiger partial charge in [0.1, 0.15) is 6.10 Å². The van der Waals surface area contributed by atoms with Crippen molar-refractivity contribution in [3.8, 4) is 0 Å². The van der Waals surface area contributed by atoms with Crippen LogP contribution in [0.2, 0.25) is 36.3 Å². The Morgan fingerprint density at radius 3 is 2.00 bits per heavy atom. The largest absolute Gasteiger partial charge is 0.416 e. The van der Waals surface area contributed by atoms with E-state index in [-0.39, 0.29) is 28.2 Å². The second-order valence-corrected chi connectivity index (χ2v) is 21.9. The molecule has 1 rings (SSSR count). The lowest BCUT2D eigenvalue weighted by Crippen LogP contribution is -2.54. The summed E-state index contributed by atoms with van der Waals surface area (Å²) in [5.74, 6) is -0.778. The highest BCUT2D eigenvalue weighted by Gasteiger charge is 2.47. The Bertz CT molecular complexity index is 612. The van der Waals surface area contributed by atoms with E-state index in [1.165, 1.54) is 0 Å². The molecule has 3 atom stereocenters. The van der Waals surface area contributed by atoms with Crippen LogP contribution in [0, 0.1) is 5.92 Å². The molecule has 0 unspecified atom stereocenters. The standard InChI is InChI=1S/C22H48N2O5Si2/c1-20(2,3)30(9,10)27-14-16(13-24-19(23)25)18(17-15-26-22(7,8)28-17)29-31(11,12)21(4,5)6/h16-18H,13-15H2,1-12H3,(H3,23,24,25)/t16-,17+,18-/m0/s1. The minimum atomic E-state index is -2.14. The van der Waals surface area contributed by atoms with Gasteiger partial charge in [-0.2, -0.15) is 0 Å². The maximum atomic E-state index is 11.5. The van der Waals surface area contributed by atoms with Gasteiger partial charge in [0.15, 0.2) is 22.4 Å². The van der Waals surface area contributed by atoms with Crippen molar-refractivity contribution in [3.63, 3.8) is 0 Å². The maximum absolute atomic E-state index is 11.5. The lowest BCUT2D eigenvalue weighted by atomic mass is 9.99. The maximum Gasteiger partial charge on any atom is 0.312 e. The Hall–Kier alpha value is -0.456. The molecule has 184 valence electrons. The molecule has 0 radical (unpaired) electrons. The number of hydrogen-bond donors (Lipinski definition) is 2. The number of ether oxygens (including phenoxy) is 2. The van der Waals surface area contributed by atoms with Crippen molar-refractivity contribution in [3.05, 3.63) is 0 Å². The number of primary amides is 1. The zero-order chi connectivity index (χ0) is 24.5. The molecule has 7 nitrogen and oxygen atoms in total. The monoisotopic (exact) mass is 476 g/mol. The van der Waals surface area contributed by atoms with Gasteiger partial charge in [0.05, 0.1) is 12.7 Å². The van der Waals surface area contributed by atoms with Crippen LogP contribution in [0.25, 0.3) is 0 Å². The van der Waals surface area contributed by atoms with Gasteiger partial charge in [0, 0.05) is 19.1 Å². The minimum Gasteiger partial charge on any atom is -0.416 e. The van der Waals surface area contributed by atoms with Gasteiger partial charge < -0.3 is 29.4 Å². The summed E-state index contributed by atoms with van der Waals surface area (Å²) in [6, 6.07) is -0.549. The van der Waals surface area contributed by atoms with E-state index >= 15 is 0 Å². The number of hydrogen-bond acceptors (Lipinski definition) is 5. The molecule has 31 heavy (non-hydrogen) atoms. The highest BCUT2D eigenvalue weighted by atomic mass is 28.4. The van der Waals surface area contributed by atoms with Crippen molar-refractivity contribution in [2.75, 3.05) is 19.8 Å². The van der Waals surface area contributed by atoms with E-state index in [0.717, 1.165) is 0 Å². The van der Waals surface area contributed by atoms with Crippen LogP contribution in [0.4, 0.5) is 4.79 Å². The lowest BCUT2D eigenvalue weighted by Gasteiger charge is -2.44. The molecule has 0 spiro atoms. The Balaban J connectivity index is 3.24. The fourth-order valence-corrected chi connectivity index (χ4v) is 5.35. The summed E-state index contributed by atoms with van der Waals surface area (Å²) in [4.78, 5) is 11.5. The summed E-state index contributed by atoms with van der Waals surface area (Å²) in [6.45, 7) is 27.3. The van der Waals surface area contributed by atoms with Gasteiger partial charge in [-0.25, -0.2) is 4.79 Å². The molecule has 1 aliphatic heterocycles. The number of nitrogens with one attached hydrogen (secondary N) is 1.